The Morgan fingerprint density at radius 3 is 2.09 bits per heavy atom. The molecule has 3 aromatic rings. The van der Waals surface area contributed by atoms with Crippen molar-refractivity contribution in [2.24, 2.45) is 39.9 Å². The number of aliphatic imine (C=N–C) groups is 1. The number of β-amino-alcohol motifs (C(OH)–C–C–N with tert-alkyl or cyclic N) is 1. The predicted molar refractivity (Wildman–Crippen MR) is 318 cm³/mol. The van der Waals surface area contributed by atoms with E-state index in [1.54, 1.807) is 6.20 Å². The summed E-state index contributed by atoms with van der Waals surface area (Å²) in [5.41, 5.74) is 19.2. The van der Waals surface area contributed by atoms with Crippen LogP contribution >= 0.6 is 0 Å². The third-order valence-electron chi connectivity index (χ3n) is 15.9. The molecule has 2 aromatic carbocycles. The van der Waals surface area contributed by atoms with Gasteiger partial charge in [0.1, 0.15) is 29.9 Å². The second-order valence-electron chi connectivity index (χ2n) is 22.7. The molecule has 10 atom stereocenters. The number of nitrogens with two attached hydrogens (primary N) is 3. The van der Waals surface area contributed by atoms with E-state index in [9.17, 15) is 68.1 Å². The number of carbonyl (C=O) groups excluding carboxylic acids is 11. The van der Waals surface area contributed by atoms with E-state index in [-0.39, 0.29) is 69.4 Å². The van der Waals surface area contributed by atoms with Crippen LogP contribution in [0.15, 0.2) is 59.7 Å². The number of fused-ring (bicyclic) bond motifs is 1. The fourth-order valence-corrected chi connectivity index (χ4v) is 11.1. The summed E-state index contributed by atoms with van der Waals surface area (Å²) in [7, 11) is 2.80. The van der Waals surface area contributed by atoms with Crippen LogP contribution in [0, 0.1) is 17.8 Å². The lowest BCUT2D eigenvalue weighted by atomic mass is 9.83. The third-order valence-corrected chi connectivity index (χ3v) is 15.9. The van der Waals surface area contributed by atoms with E-state index < -0.39 is 157 Å². The van der Waals surface area contributed by atoms with Crippen LogP contribution in [0.3, 0.4) is 0 Å². The van der Waals surface area contributed by atoms with Gasteiger partial charge in [0.15, 0.2) is 23.3 Å². The molecule has 16 N–H and O–H groups in total. The molecule has 476 valence electrons. The quantitative estimate of drug-likeness (QED) is 0.0195. The van der Waals surface area contributed by atoms with Crippen molar-refractivity contribution in [3.63, 3.8) is 0 Å². The molecule has 87 heavy (non-hydrogen) atoms. The van der Waals surface area contributed by atoms with Crippen LogP contribution in [-0.2, 0) is 70.3 Å². The Bertz CT molecular complexity index is 2930. The number of rotatable bonds is 35. The molecule has 27 nitrogen and oxygen atoms in total. The Kier molecular flexibility index (Phi) is 27.3. The van der Waals surface area contributed by atoms with Crippen molar-refractivity contribution in [3.8, 4) is 5.75 Å². The lowest BCUT2D eigenvalue weighted by Gasteiger charge is -2.30. The van der Waals surface area contributed by atoms with Crippen molar-refractivity contribution in [2.45, 2.75) is 165 Å². The molecule has 0 bridgehead atoms. The first-order valence-electron chi connectivity index (χ1n) is 29.5. The van der Waals surface area contributed by atoms with Crippen molar-refractivity contribution in [2.75, 3.05) is 33.9 Å². The molecule has 0 radical (unpaired) electrons. The zero-order chi connectivity index (χ0) is 63.9. The summed E-state index contributed by atoms with van der Waals surface area (Å²) in [5.74, 6) is -10.9. The molecule has 0 spiro atoms. The summed E-state index contributed by atoms with van der Waals surface area (Å²) in [5, 5.41) is 48.2. The number of primary amides is 2. The number of H-pyrrole nitrogens is 1. The predicted octanol–water partition coefficient (Wildman–Crippen LogP) is -0.763. The highest BCUT2D eigenvalue weighted by Gasteiger charge is 2.43. The van der Waals surface area contributed by atoms with Gasteiger partial charge in [-0.15, -0.1) is 0 Å². The van der Waals surface area contributed by atoms with Gasteiger partial charge in [0.25, 0.3) is 0 Å². The molecule has 0 unspecified atom stereocenters. The number of hydrogen-bond acceptors (Lipinski definition) is 16. The summed E-state index contributed by atoms with van der Waals surface area (Å²) in [6, 6.07) is 5.32. The topological polar surface area (TPSA) is 439 Å². The molecule has 2 heterocycles. The number of aromatic amines is 1. The number of aliphatic hydroxyl groups is 2. The van der Waals surface area contributed by atoms with Gasteiger partial charge in [0.05, 0.1) is 43.2 Å². The van der Waals surface area contributed by atoms with Crippen LogP contribution in [0.2, 0.25) is 0 Å². The molecule has 2 aliphatic rings. The number of hydrogen-bond donors (Lipinski definition) is 13. The van der Waals surface area contributed by atoms with E-state index in [0.717, 1.165) is 53.5 Å². The number of aromatic hydroxyl groups is 1. The zero-order valence-electron chi connectivity index (χ0n) is 49.8. The summed E-state index contributed by atoms with van der Waals surface area (Å²) in [6.07, 6.45) is 0.714. The van der Waals surface area contributed by atoms with Crippen LogP contribution in [0.4, 0.5) is 0 Å². The largest absolute Gasteiger partial charge is 0.508 e. The van der Waals surface area contributed by atoms with Crippen LogP contribution in [-0.4, -0.2) is 178 Å². The number of benzene rings is 2. The van der Waals surface area contributed by atoms with Crippen molar-refractivity contribution in [1.82, 2.24) is 41.8 Å². The summed E-state index contributed by atoms with van der Waals surface area (Å²) < 4.78 is 5.31. The number of ether oxygens (including phenoxy) is 1. The Morgan fingerprint density at radius 1 is 0.770 bits per heavy atom. The average molecular weight is 1220 g/mol. The van der Waals surface area contributed by atoms with Crippen LogP contribution in [0.5, 0.6) is 5.75 Å². The minimum atomic E-state index is -1.68. The second kappa shape index (κ2) is 34.1. The highest BCUT2D eigenvalue weighted by atomic mass is 16.5. The number of amides is 8. The Labute approximate surface area is 504 Å². The lowest BCUT2D eigenvalue weighted by Crippen LogP contribution is -2.56. The van der Waals surface area contributed by atoms with E-state index in [2.05, 4.69) is 41.9 Å². The number of aliphatic hydroxyl groups excluding tert-OH is 2. The van der Waals surface area contributed by atoms with Crippen molar-refractivity contribution < 1.29 is 72.8 Å². The van der Waals surface area contributed by atoms with Gasteiger partial charge in [-0.1, -0.05) is 62.4 Å². The van der Waals surface area contributed by atoms with E-state index in [0.29, 0.717) is 12.0 Å². The van der Waals surface area contributed by atoms with Gasteiger partial charge in [-0.2, -0.15) is 0 Å². The maximum absolute atomic E-state index is 14.2. The minimum Gasteiger partial charge on any atom is -0.508 e. The first-order chi connectivity index (χ1) is 41.4. The first-order valence-corrected chi connectivity index (χ1v) is 29.5. The fraction of sp³-hybridized carbons (Fsp3) is 0.567. The Morgan fingerprint density at radius 2 is 1.45 bits per heavy atom. The number of para-hydroxylation sites is 1. The van der Waals surface area contributed by atoms with Crippen LogP contribution < -0.4 is 49.1 Å². The number of aromatic nitrogens is 1. The third kappa shape index (κ3) is 21.9. The van der Waals surface area contributed by atoms with Gasteiger partial charge >= 0.3 is 0 Å². The molecule has 8 amide bonds. The number of phenols is 1. The molecular formula is C60H86N12O15. The highest BCUT2D eigenvalue weighted by molar-refractivity contribution is 6.00. The molecule has 1 saturated heterocycles. The number of guanidine groups is 1. The van der Waals surface area contributed by atoms with Gasteiger partial charge in [0.2, 0.25) is 47.3 Å². The smallest absolute Gasteiger partial charge is 0.246 e. The maximum Gasteiger partial charge on any atom is 0.246 e. The van der Waals surface area contributed by atoms with E-state index >= 15 is 0 Å². The van der Waals surface area contributed by atoms with Gasteiger partial charge in [0, 0.05) is 102 Å². The number of ketones is 3. The molecule has 2 fully saturated rings. The standard InChI is InChI=1S/C60H86N12O15/c1-33(73)42(28-52(79)45(29-53(61)80)70-58(85)49-27-40(76)31-72(49)59(86)47(67-34(2)74)24-36-16-18-39(75)19-17-36)57(84)69-44(23-35-11-6-5-7-12-35)50(77)20-21-54(81)68-48(32-87-4)51(78)26-37(13-10-22-65-60(63)64-3)56(83)71-46(55(62)82)25-38-30-66-43-15-9-8-14-41(38)43/h8-9,14-19,30,33,35,37,40,42,44-49,66,73,75-76H,5-7,10-13,20-29,31-32H2,1-4H3,(H2,61,80)(H2,62,82)(H,67,74)(H,68,81)(H,69,84)(H,70,85)(H,71,83)(H3,63,64,65)/t33-,37-,40-,42+,44+,45+,46+,47-,48+,49+/m1/s1. The number of phenolic OH excluding ortho intramolecular Hbond substituents is 1. The molecule has 5 rings (SSSR count). The van der Waals surface area contributed by atoms with Gasteiger partial charge in [-0.05, 0) is 61.4 Å². The summed E-state index contributed by atoms with van der Waals surface area (Å²) in [6.45, 7) is 2.08. The van der Waals surface area contributed by atoms with E-state index in [1.807, 2.05) is 24.3 Å². The highest BCUT2D eigenvalue weighted by Crippen LogP contribution is 2.29. The zero-order valence-corrected chi connectivity index (χ0v) is 49.8. The number of nitrogens with one attached hydrogen (secondary N) is 7. The number of likely N-dealkylation sites (tertiary alicyclic amines) is 1. The Hall–Kier alpha value is -8.30. The van der Waals surface area contributed by atoms with Crippen molar-refractivity contribution in [3.05, 3.63) is 65.9 Å². The lowest BCUT2D eigenvalue weighted by molar-refractivity contribution is -0.142. The van der Waals surface area contributed by atoms with Crippen molar-refractivity contribution in [1.29, 1.82) is 0 Å². The number of Topliss-reactive ketones (excluding diaryl/α,β-unsaturated/α-hetero) is 3. The molecule has 1 saturated carbocycles. The number of carbonyl (C=O) groups is 11. The Balaban J connectivity index is 1.25. The molecule has 1 aliphatic heterocycles. The number of methoxy groups -OCH3 is 1. The SMILES string of the molecule is CN=C(N)NCCC[C@H](CC(=O)[C@H](COC)NC(=O)CCC(=O)[C@H](CC1CCCCC1)NC(=O)[C@@H](CC(=O)[C@H](CC(N)=O)NC(=O)[C@@H]1C[C@@H](O)CN1C(=O)[C@@H](Cc1ccc(O)cc1)NC(C)=O)[C@@H](C)O)C(=O)N[C@@H](Cc1c[nH]c2ccccc12)C(N)=O. The van der Waals surface area contributed by atoms with E-state index in [1.165, 1.54) is 52.3 Å². The van der Waals surface area contributed by atoms with Gasteiger partial charge in [-0.25, -0.2) is 0 Å². The summed E-state index contributed by atoms with van der Waals surface area (Å²) in [4.78, 5) is 158. The van der Waals surface area contributed by atoms with Crippen LogP contribution in [0.25, 0.3) is 10.9 Å². The average Bonchev–Trinajstić information content (AvgIpc) is 2.72. The maximum atomic E-state index is 14.2. The van der Waals surface area contributed by atoms with Gasteiger partial charge < -0.3 is 79.0 Å². The number of nitrogens with zero attached hydrogens (tertiary/aromatic N) is 2. The monoisotopic (exact) mass is 1210 g/mol. The summed E-state index contributed by atoms with van der Waals surface area (Å²) >= 11 is 0. The molecular weight excluding hydrogens is 1130 g/mol. The minimum absolute atomic E-state index is 0.0148. The van der Waals surface area contributed by atoms with Gasteiger partial charge in [-0.3, -0.25) is 57.7 Å². The fourth-order valence-electron chi connectivity index (χ4n) is 11.1. The normalized spacial score (nSPS) is 18.1. The molecule has 27 heteroatoms. The first kappa shape index (κ1) is 69.5. The van der Waals surface area contributed by atoms with Crippen LogP contribution in [0.1, 0.15) is 115 Å². The molecule has 1 aliphatic carbocycles. The van der Waals surface area contributed by atoms with Crippen molar-refractivity contribution >= 4 is 81.5 Å². The second-order valence-corrected chi connectivity index (χ2v) is 22.7. The molecule has 1 aromatic heterocycles. The van der Waals surface area contributed by atoms with E-state index in [4.69, 9.17) is 21.9 Å².